The third kappa shape index (κ3) is 7.03. The smallest absolute Gasteiger partial charge is 0.191 e. The summed E-state index contributed by atoms with van der Waals surface area (Å²) in [5, 5.41) is 6.37. The number of benzene rings is 1. The molecule has 0 unspecified atom stereocenters. The van der Waals surface area contributed by atoms with Gasteiger partial charge in [-0.25, -0.2) is 17.8 Å². The number of nitrogens with zero attached hydrogens (tertiary/aromatic N) is 3. The third-order valence-corrected chi connectivity index (χ3v) is 6.83. The lowest BCUT2D eigenvalue weighted by Crippen LogP contribution is -2.49. The maximum atomic E-state index is 13.8. The zero-order valence-corrected chi connectivity index (χ0v) is 20.9. The van der Waals surface area contributed by atoms with Crippen molar-refractivity contribution in [2.45, 2.75) is 30.7 Å². The SMILES string of the molecule is CN=C(NCCS(=O)(=O)c1ccccc1F)NC1CCN(c2cccc(C)n2)CC1.I. The van der Waals surface area contributed by atoms with E-state index in [4.69, 9.17) is 0 Å². The largest absolute Gasteiger partial charge is 0.356 e. The van der Waals surface area contributed by atoms with Gasteiger partial charge >= 0.3 is 0 Å². The van der Waals surface area contributed by atoms with E-state index in [1.54, 1.807) is 7.05 Å². The number of halogens is 2. The maximum Gasteiger partial charge on any atom is 0.191 e. The monoisotopic (exact) mass is 561 g/mol. The van der Waals surface area contributed by atoms with Crippen LogP contribution in [0.15, 0.2) is 52.4 Å². The molecular formula is C21H29FIN5O2S. The van der Waals surface area contributed by atoms with Crippen LogP contribution in [0, 0.1) is 12.7 Å². The van der Waals surface area contributed by atoms with Crippen LogP contribution in [0.4, 0.5) is 10.2 Å². The van der Waals surface area contributed by atoms with Gasteiger partial charge in [-0.1, -0.05) is 18.2 Å². The molecule has 2 heterocycles. The zero-order chi connectivity index (χ0) is 21.6. The number of aromatic nitrogens is 1. The van der Waals surface area contributed by atoms with Crippen LogP contribution in [0.5, 0.6) is 0 Å². The highest BCUT2D eigenvalue weighted by molar-refractivity contribution is 14.0. The maximum absolute atomic E-state index is 13.8. The van der Waals surface area contributed by atoms with Gasteiger partial charge in [0.25, 0.3) is 0 Å². The summed E-state index contributed by atoms with van der Waals surface area (Å²) in [5.74, 6) is 0.599. The van der Waals surface area contributed by atoms with Gasteiger partial charge in [0.1, 0.15) is 16.5 Å². The van der Waals surface area contributed by atoms with Crippen molar-refractivity contribution in [2.75, 3.05) is 37.3 Å². The number of piperidine rings is 1. The van der Waals surface area contributed by atoms with Gasteiger partial charge in [0.2, 0.25) is 0 Å². The molecule has 1 aromatic heterocycles. The van der Waals surface area contributed by atoms with Gasteiger partial charge in [0, 0.05) is 38.4 Å². The van der Waals surface area contributed by atoms with Gasteiger partial charge in [0.15, 0.2) is 15.8 Å². The van der Waals surface area contributed by atoms with Crippen molar-refractivity contribution in [3.8, 4) is 0 Å². The number of aliphatic imine (C=N–C) groups is 1. The Morgan fingerprint density at radius 2 is 1.90 bits per heavy atom. The van der Waals surface area contributed by atoms with Crippen molar-refractivity contribution < 1.29 is 12.8 Å². The molecule has 10 heteroatoms. The van der Waals surface area contributed by atoms with Gasteiger partial charge in [-0.15, -0.1) is 24.0 Å². The van der Waals surface area contributed by atoms with Crippen LogP contribution < -0.4 is 15.5 Å². The van der Waals surface area contributed by atoms with Crippen LogP contribution in [0.2, 0.25) is 0 Å². The van der Waals surface area contributed by atoms with Crippen molar-refractivity contribution in [3.05, 3.63) is 54.0 Å². The number of anilines is 1. The van der Waals surface area contributed by atoms with Crippen molar-refractivity contribution in [2.24, 2.45) is 4.99 Å². The lowest BCUT2D eigenvalue weighted by atomic mass is 10.1. The van der Waals surface area contributed by atoms with Crippen molar-refractivity contribution in [3.63, 3.8) is 0 Å². The Hall–Kier alpha value is -1.95. The number of aryl methyl sites for hydroxylation is 1. The van der Waals surface area contributed by atoms with E-state index in [9.17, 15) is 12.8 Å². The van der Waals surface area contributed by atoms with Crippen molar-refractivity contribution in [1.82, 2.24) is 15.6 Å². The van der Waals surface area contributed by atoms with Gasteiger partial charge in [0.05, 0.1) is 5.75 Å². The van der Waals surface area contributed by atoms with Crippen LogP contribution in [-0.4, -0.2) is 57.8 Å². The minimum Gasteiger partial charge on any atom is -0.356 e. The van der Waals surface area contributed by atoms with E-state index in [1.165, 1.54) is 18.2 Å². The molecule has 1 saturated heterocycles. The highest BCUT2D eigenvalue weighted by Gasteiger charge is 2.22. The molecule has 0 bridgehead atoms. The molecule has 0 amide bonds. The summed E-state index contributed by atoms with van der Waals surface area (Å²) in [6.45, 7) is 3.89. The number of rotatable bonds is 6. The Morgan fingerprint density at radius 3 is 2.55 bits per heavy atom. The first-order chi connectivity index (χ1) is 14.4. The predicted octanol–water partition coefficient (Wildman–Crippen LogP) is 2.75. The summed E-state index contributed by atoms with van der Waals surface area (Å²) in [5.41, 5.74) is 1.00. The Morgan fingerprint density at radius 1 is 1.19 bits per heavy atom. The highest BCUT2D eigenvalue weighted by Crippen LogP contribution is 2.18. The summed E-state index contributed by atoms with van der Waals surface area (Å²) in [6.07, 6.45) is 1.84. The molecule has 0 atom stereocenters. The van der Waals surface area contributed by atoms with E-state index in [1.807, 2.05) is 25.1 Å². The predicted molar refractivity (Wildman–Crippen MR) is 133 cm³/mol. The molecule has 2 aromatic rings. The fourth-order valence-corrected chi connectivity index (χ4v) is 4.70. The Labute approximate surface area is 200 Å². The Kier molecular flexibility index (Phi) is 9.48. The zero-order valence-electron chi connectivity index (χ0n) is 17.7. The minimum absolute atomic E-state index is 0. The quantitative estimate of drug-likeness (QED) is 0.321. The lowest BCUT2D eigenvalue weighted by molar-refractivity contribution is 0.460. The number of guanidine groups is 1. The molecule has 3 rings (SSSR count). The summed E-state index contributed by atoms with van der Waals surface area (Å²) in [4.78, 5) is 10.8. The second-order valence-electron chi connectivity index (χ2n) is 7.29. The average Bonchev–Trinajstić information content (AvgIpc) is 2.73. The number of sulfone groups is 1. The molecule has 1 aliphatic rings. The highest BCUT2D eigenvalue weighted by atomic mass is 127. The van der Waals surface area contributed by atoms with E-state index in [2.05, 4.69) is 25.5 Å². The van der Waals surface area contributed by atoms with E-state index >= 15 is 0 Å². The van der Waals surface area contributed by atoms with E-state index in [0.29, 0.717) is 5.96 Å². The second-order valence-corrected chi connectivity index (χ2v) is 9.37. The van der Waals surface area contributed by atoms with Gasteiger partial charge in [-0.05, 0) is 44.0 Å². The molecule has 1 aliphatic heterocycles. The molecule has 0 spiro atoms. The lowest BCUT2D eigenvalue weighted by Gasteiger charge is -2.34. The van der Waals surface area contributed by atoms with Gasteiger partial charge < -0.3 is 15.5 Å². The summed E-state index contributed by atoms with van der Waals surface area (Å²) >= 11 is 0. The first-order valence-corrected chi connectivity index (χ1v) is 11.7. The molecule has 2 N–H and O–H groups in total. The van der Waals surface area contributed by atoms with Crippen molar-refractivity contribution in [1.29, 1.82) is 0 Å². The molecular weight excluding hydrogens is 532 g/mol. The molecule has 31 heavy (non-hydrogen) atoms. The van der Waals surface area contributed by atoms with Crippen LogP contribution in [0.25, 0.3) is 0 Å². The first-order valence-electron chi connectivity index (χ1n) is 10.0. The van der Waals surface area contributed by atoms with Crippen LogP contribution in [0.3, 0.4) is 0 Å². The topological polar surface area (TPSA) is 86.7 Å². The standard InChI is InChI=1S/C21H28FN5O2S.HI/c1-16-6-5-9-20(25-16)27-13-10-17(11-14-27)26-21(23-2)24-12-15-30(28,29)19-8-4-3-7-18(19)22;/h3-9,17H,10-15H2,1-2H3,(H2,23,24,26);1H. The molecule has 0 radical (unpaired) electrons. The number of pyridine rings is 1. The minimum atomic E-state index is -3.70. The van der Waals surface area contributed by atoms with Crippen LogP contribution in [-0.2, 0) is 9.84 Å². The van der Waals surface area contributed by atoms with Crippen LogP contribution >= 0.6 is 24.0 Å². The van der Waals surface area contributed by atoms with Crippen molar-refractivity contribution >= 4 is 45.6 Å². The summed E-state index contributed by atoms with van der Waals surface area (Å²) < 4.78 is 38.5. The fourth-order valence-electron chi connectivity index (χ4n) is 3.46. The summed E-state index contributed by atoms with van der Waals surface area (Å²) in [6, 6.07) is 11.7. The van der Waals surface area contributed by atoms with Gasteiger partial charge in [-0.2, -0.15) is 0 Å². The van der Waals surface area contributed by atoms with Crippen LogP contribution in [0.1, 0.15) is 18.5 Å². The first kappa shape index (κ1) is 25.3. The van der Waals surface area contributed by atoms with E-state index in [0.717, 1.165) is 43.5 Å². The number of hydrogen-bond donors (Lipinski definition) is 2. The third-order valence-electron chi connectivity index (χ3n) is 5.09. The number of nitrogens with one attached hydrogen (secondary N) is 2. The molecule has 0 saturated carbocycles. The fraction of sp³-hybridized carbons (Fsp3) is 0.429. The average molecular weight is 561 g/mol. The molecule has 1 aromatic carbocycles. The Bertz CT molecular complexity index is 995. The Balaban J connectivity index is 0.00000341. The normalized spacial score (nSPS) is 15.3. The molecule has 1 fully saturated rings. The van der Waals surface area contributed by atoms with Gasteiger partial charge in [-0.3, -0.25) is 4.99 Å². The number of hydrogen-bond acceptors (Lipinski definition) is 5. The summed E-state index contributed by atoms with van der Waals surface area (Å²) in [7, 11) is -2.06. The molecule has 7 nitrogen and oxygen atoms in total. The molecule has 170 valence electrons. The molecule has 0 aliphatic carbocycles. The van der Waals surface area contributed by atoms with E-state index in [-0.39, 0.29) is 47.2 Å². The second kappa shape index (κ2) is 11.6. The van der Waals surface area contributed by atoms with E-state index < -0.39 is 15.7 Å².